The molecule has 0 spiro atoms. The Balaban J connectivity index is 2.83. The van der Waals surface area contributed by atoms with Crippen molar-refractivity contribution < 1.29 is 9.90 Å². The monoisotopic (exact) mass is 215 g/mol. The van der Waals surface area contributed by atoms with Crippen LogP contribution in [0.1, 0.15) is 26.7 Å². The molecule has 0 unspecified atom stereocenters. The molecule has 1 aromatic rings. The molecule has 0 fully saturated rings. The van der Waals surface area contributed by atoms with Gasteiger partial charge in [-0.3, -0.25) is 9.89 Å². The van der Waals surface area contributed by atoms with E-state index in [9.17, 15) is 4.79 Å². The lowest BCUT2D eigenvalue weighted by Crippen LogP contribution is -2.33. The second kappa shape index (κ2) is 4.45. The summed E-state index contributed by atoms with van der Waals surface area (Å²) in [6, 6.07) is 0. The zero-order valence-corrected chi connectivity index (χ0v) is 8.97. The summed E-state index contributed by atoms with van der Waals surface area (Å²) in [5.41, 5.74) is 0. The third-order valence-electron chi connectivity index (χ3n) is 2.22. The normalized spacial score (nSPS) is 11.6. The van der Waals surface area contributed by atoms with E-state index in [1.54, 1.807) is 0 Å². The number of rotatable bonds is 5. The van der Waals surface area contributed by atoms with Gasteiger partial charge in [-0.1, -0.05) is 25.6 Å². The maximum atomic E-state index is 11.1. The Kier molecular flexibility index (Phi) is 3.51. The van der Waals surface area contributed by atoms with Gasteiger partial charge in [0.25, 0.3) is 0 Å². The largest absolute Gasteiger partial charge is 0.480 e. The summed E-state index contributed by atoms with van der Waals surface area (Å²) >= 11 is 1.22. The smallest absolute Gasteiger partial charge is 0.320 e. The van der Waals surface area contributed by atoms with Crippen molar-refractivity contribution in [2.45, 2.75) is 36.6 Å². The maximum Gasteiger partial charge on any atom is 0.320 e. The summed E-state index contributed by atoms with van der Waals surface area (Å²) in [6.45, 7) is 3.72. The van der Waals surface area contributed by atoms with Crippen LogP contribution in [0.5, 0.6) is 0 Å². The molecule has 5 nitrogen and oxygen atoms in total. The van der Waals surface area contributed by atoms with E-state index in [4.69, 9.17) is 5.11 Å². The molecule has 6 heteroatoms. The second-order valence-corrected chi connectivity index (χ2v) is 4.27. The Labute approximate surface area is 86.3 Å². The van der Waals surface area contributed by atoms with Gasteiger partial charge >= 0.3 is 5.97 Å². The van der Waals surface area contributed by atoms with Crippen molar-refractivity contribution in [1.82, 2.24) is 15.2 Å². The van der Waals surface area contributed by atoms with Gasteiger partial charge < -0.3 is 5.11 Å². The van der Waals surface area contributed by atoms with Crippen molar-refractivity contribution in [2.75, 3.05) is 0 Å². The molecule has 0 amide bonds. The first-order valence-corrected chi connectivity index (χ1v) is 5.24. The van der Waals surface area contributed by atoms with Gasteiger partial charge in [0.1, 0.15) is 11.1 Å². The number of aromatic nitrogens is 3. The van der Waals surface area contributed by atoms with Gasteiger partial charge in [-0.2, -0.15) is 5.10 Å². The van der Waals surface area contributed by atoms with Crippen LogP contribution in [0.4, 0.5) is 0 Å². The van der Waals surface area contributed by atoms with Crippen LogP contribution < -0.4 is 0 Å². The number of hydrogen-bond donors (Lipinski definition) is 2. The molecule has 14 heavy (non-hydrogen) atoms. The molecular formula is C8H13N3O2S. The maximum absolute atomic E-state index is 11.1. The van der Waals surface area contributed by atoms with Crippen molar-refractivity contribution in [3.05, 3.63) is 6.33 Å². The number of carboxylic acid groups (broad SMARTS) is 1. The Hall–Kier alpha value is -1.04. The lowest BCUT2D eigenvalue weighted by molar-refractivity contribution is -0.140. The Morgan fingerprint density at radius 2 is 2.29 bits per heavy atom. The summed E-state index contributed by atoms with van der Waals surface area (Å²) < 4.78 is -0.792. The summed E-state index contributed by atoms with van der Waals surface area (Å²) in [4.78, 5) is 15.0. The number of thioether (sulfide) groups is 1. The van der Waals surface area contributed by atoms with Crippen LogP contribution in [-0.4, -0.2) is 31.0 Å². The van der Waals surface area contributed by atoms with Crippen LogP contribution in [0, 0.1) is 0 Å². The van der Waals surface area contributed by atoms with Crippen LogP contribution >= 0.6 is 11.8 Å². The molecule has 0 aliphatic carbocycles. The van der Waals surface area contributed by atoms with E-state index in [-0.39, 0.29) is 0 Å². The standard InChI is InChI=1S/C8H13N3O2S/c1-3-8(4-2,6(12)13)14-7-9-5-10-11-7/h5H,3-4H2,1-2H3,(H,12,13)(H,9,10,11). The van der Waals surface area contributed by atoms with Gasteiger partial charge in [0.2, 0.25) is 0 Å². The van der Waals surface area contributed by atoms with E-state index in [1.807, 2.05) is 13.8 Å². The molecular weight excluding hydrogens is 202 g/mol. The van der Waals surface area contributed by atoms with Crippen molar-refractivity contribution in [2.24, 2.45) is 0 Å². The Bertz CT molecular complexity index is 296. The summed E-state index contributed by atoms with van der Waals surface area (Å²) in [6.07, 6.45) is 2.49. The number of nitrogens with zero attached hydrogens (tertiary/aromatic N) is 2. The van der Waals surface area contributed by atoms with Crippen molar-refractivity contribution in [1.29, 1.82) is 0 Å². The first-order chi connectivity index (χ1) is 6.64. The van der Waals surface area contributed by atoms with E-state index in [0.717, 1.165) is 0 Å². The number of carboxylic acids is 1. The molecule has 0 atom stereocenters. The van der Waals surface area contributed by atoms with Gasteiger partial charge in [0.15, 0.2) is 5.16 Å². The van der Waals surface area contributed by atoms with Crippen molar-refractivity contribution in [3.8, 4) is 0 Å². The lowest BCUT2D eigenvalue weighted by atomic mass is 10.0. The minimum absolute atomic E-state index is 0.552. The minimum Gasteiger partial charge on any atom is -0.480 e. The van der Waals surface area contributed by atoms with Crippen LogP contribution in [0.2, 0.25) is 0 Å². The zero-order chi connectivity index (χ0) is 10.6. The Morgan fingerprint density at radius 3 is 2.64 bits per heavy atom. The number of hydrogen-bond acceptors (Lipinski definition) is 4. The van der Waals surface area contributed by atoms with E-state index in [0.29, 0.717) is 18.0 Å². The van der Waals surface area contributed by atoms with Gasteiger partial charge in [0.05, 0.1) is 0 Å². The quantitative estimate of drug-likeness (QED) is 0.728. The predicted molar refractivity (Wildman–Crippen MR) is 53.2 cm³/mol. The molecule has 2 N–H and O–H groups in total. The average Bonchev–Trinajstić information content (AvgIpc) is 2.66. The Morgan fingerprint density at radius 1 is 1.64 bits per heavy atom. The number of H-pyrrole nitrogens is 1. The number of aliphatic carboxylic acids is 1. The topological polar surface area (TPSA) is 78.9 Å². The lowest BCUT2D eigenvalue weighted by Gasteiger charge is -2.24. The first-order valence-electron chi connectivity index (χ1n) is 4.42. The summed E-state index contributed by atoms with van der Waals surface area (Å²) in [7, 11) is 0. The molecule has 0 saturated carbocycles. The fraction of sp³-hybridized carbons (Fsp3) is 0.625. The SMILES string of the molecule is CCC(CC)(Sc1ncn[nH]1)C(=O)O. The van der Waals surface area contributed by atoms with Gasteiger partial charge in [0, 0.05) is 0 Å². The van der Waals surface area contributed by atoms with Gasteiger partial charge in [-0.15, -0.1) is 0 Å². The van der Waals surface area contributed by atoms with E-state index < -0.39 is 10.7 Å². The molecule has 0 aliphatic heterocycles. The molecule has 1 aromatic heterocycles. The fourth-order valence-electron chi connectivity index (χ4n) is 1.17. The van der Waals surface area contributed by atoms with E-state index >= 15 is 0 Å². The predicted octanol–water partition coefficient (Wildman–Crippen LogP) is 1.54. The molecule has 0 aromatic carbocycles. The number of nitrogens with one attached hydrogen (secondary N) is 1. The molecule has 0 aliphatic rings. The molecule has 0 radical (unpaired) electrons. The third-order valence-corrected chi connectivity index (χ3v) is 3.75. The van der Waals surface area contributed by atoms with E-state index in [2.05, 4.69) is 15.2 Å². The molecule has 0 bridgehead atoms. The third kappa shape index (κ3) is 2.06. The minimum atomic E-state index is -0.802. The van der Waals surface area contributed by atoms with Gasteiger partial charge in [-0.05, 0) is 12.8 Å². The average molecular weight is 215 g/mol. The number of carbonyl (C=O) groups is 1. The molecule has 78 valence electrons. The fourth-order valence-corrected chi connectivity index (χ4v) is 2.11. The highest BCUT2D eigenvalue weighted by molar-refractivity contribution is 8.01. The summed E-state index contributed by atoms with van der Waals surface area (Å²) in [5.74, 6) is -0.802. The van der Waals surface area contributed by atoms with Crippen LogP contribution in [0.25, 0.3) is 0 Å². The highest BCUT2D eigenvalue weighted by atomic mass is 32.2. The zero-order valence-electron chi connectivity index (χ0n) is 8.15. The molecule has 1 rings (SSSR count). The van der Waals surface area contributed by atoms with Gasteiger partial charge in [-0.25, -0.2) is 4.98 Å². The van der Waals surface area contributed by atoms with E-state index in [1.165, 1.54) is 18.1 Å². The highest BCUT2D eigenvalue weighted by Crippen LogP contribution is 2.36. The highest BCUT2D eigenvalue weighted by Gasteiger charge is 2.37. The number of aromatic amines is 1. The summed E-state index contributed by atoms with van der Waals surface area (Å²) in [5, 5.41) is 16.0. The molecule has 0 saturated heterocycles. The van der Waals surface area contributed by atoms with Crippen LogP contribution in [-0.2, 0) is 4.79 Å². The first kappa shape index (κ1) is 11.0. The second-order valence-electron chi connectivity index (χ2n) is 2.90. The molecule has 1 heterocycles. The van der Waals surface area contributed by atoms with Crippen molar-refractivity contribution >= 4 is 17.7 Å². The van der Waals surface area contributed by atoms with Crippen molar-refractivity contribution in [3.63, 3.8) is 0 Å². The van der Waals surface area contributed by atoms with Crippen LogP contribution in [0.3, 0.4) is 0 Å². The van der Waals surface area contributed by atoms with Crippen LogP contribution in [0.15, 0.2) is 11.5 Å².